The molecule has 1 fully saturated rings. The fourth-order valence-electron chi connectivity index (χ4n) is 4.52. The molecule has 2 aromatic heterocycles. The van der Waals surface area contributed by atoms with Crippen LogP contribution in [0.2, 0.25) is 0 Å². The van der Waals surface area contributed by atoms with Crippen molar-refractivity contribution in [2.24, 2.45) is 0 Å². The monoisotopic (exact) mass is 431 g/mol. The van der Waals surface area contributed by atoms with Crippen molar-refractivity contribution in [3.8, 4) is 0 Å². The number of ketones is 1. The Balaban J connectivity index is 1.37. The van der Waals surface area contributed by atoms with Crippen LogP contribution in [0.5, 0.6) is 0 Å². The second kappa shape index (κ2) is 8.45. The first-order chi connectivity index (χ1) is 15.6. The summed E-state index contributed by atoms with van der Waals surface area (Å²) >= 11 is 0. The lowest BCUT2D eigenvalue weighted by atomic mass is 9.82. The molecule has 1 amide bonds. The number of furan rings is 1. The van der Waals surface area contributed by atoms with Crippen LogP contribution in [-0.4, -0.2) is 59.8 Å². The molecule has 8 nitrogen and oxygen atoms in total. The molecule has 1 aliphatic heterocycles. The van der Waals surface area contributed by atoms with Gasteiger partial charge in [-0.3, -0.25) is 9.59 Å². The van der Waals surface area contributed by atoms with Crippen molar-refractivity contribution in [2.45, 2.75) is 18.8 Å². The lowest BCUT2D eigenvalue weighted by Gasteiger charge is -2.35. The predicted octanol–water partition coefficient (Wildman–Crippen LogP) is 2.99. The molecule has 0 saturated carbocycles. The zero-order valence-corrected chi connectivity index (χ0v) is 18.0. The molecule has 3 aromatic rings. The first-order valence-electron chi connectivity index (χ1n) is 10.9. The van der Waals surface area contributed by atoms with E-state index in [2.05, 4.69) is 27.3 Å². The fourth-order valence-corrected chi connectivity index (χ4v) is 4.52. The van der Waals surface area contributed by atoms with Gasteiger partial charge in [0.2, 0.25) is 5.95 Å². The number of benzene rings is 1. The van der Waals surface area contributed by atoms with Crippen LogP contribution in [0, 0.1) is 0 Å². The molecule has 32 heavy (non-hydrogen) atoms. The van der Waals surface area contributed by atoms with E-state index >= 15 is 0 Å². The van der Waals surface area contributed by atoms with Crippen LogP contribution in [0.4, 0.5) is 11.8 Å². The number of piperazine rings is 1. The number of carbonyl (C=O) groups excluding carboxylic acids is 2. The standard InChI is InChI=1S/C24H25N5O3/c1-25-22-21-18(14-17(15-19(21)30)16-6-3-2-4-7-16)26-24(27-22)29-11-9-28(10-12-29)23(31)20-8-5-13-32-20/h2-8,13,17H,9-12,14-15H2,1H3,(H,25,26,27). The summed E-state index contributed by atoms with van der Waals surface area (Å²) in [6.45, 7) is 2.34. The van der Waals surface area contributed by atoms with E-state index in [4.69, 9.17) is 9.40 Å². The molecule has 1 aliphatic carbocycles. The Labute approximate surface area is 186 Å². The molecule has 3 heterocycles. The molecule has 2 aliphatic rings. The summed E-state index contributed by atoms with van der Waals surface area (Å²) in [5.41, 5.74) is 2.55. The van der Waals surface area contributed by atoms with Crippen molar-refractivity contribution in [1.29, 1.82) is 0 Å². The zero-order chi connectivity index (χ0) is 22.1. The van der Waals surface area contributed by atoms with Crippen molar-refractivity contribution in [1.82, 2.24) is 14.9 Å². The van der Waals surface area contributed by atoms with Crippen LogP contribution in [0.15, 0.2) is 53.1 Å². The average molecular weight is 431 g/mol. The van der Waals surface area contributed by atoms with Gasteiger partial charge < -0.3 is 19.5 Å². The summed E-state index contributed by atoms with van der Waals surface area (Å²) in [6.07, 6.45) is 2.67. The Morgan fingerprint density at radius 3 is 2.50 bits per heavy atom. The quantitative estimate of drug-likeness (QED) is 0.679. The van der Waals surface area contributed by atoms with Crippen LogP contribution in [-0.2, 0) is 6.42 Å². The van der Waals surface area contributed by atoms with E-state index in [-0.39, 0.29) is 17.6 Å². The van der Waals surface area contributed by atoms with Gasteiger partial charge >= 0.3 is 0 Å². The number of anilines is 2. The molecule has 8 heteroatoms. The van der Waals surface area contributed by atoms with E-state index < -0.39 is 0 Å². The maximum Gasteiger partial charge on any atom is 0.289 e. The van der Waals surface area contributed by atoms with Crippen LogP contribution in [0.25, 0.3) is 0 Å². The van der Waals surface area contributed by atoms with Crippen LogP contribution in [0.3, 0.4) is 0 Å². The highest BCUT2D eigenvalue weighted by Crippen LogP contribution is 2.35. The van der Waals surface area contributed by atoms with Gasteiger partial charge in [0.25, 0.3) is 5.91 Å². The third kappa shape index (κ3) is 3.72. The van der Waals surface area contributed by atoms with E-state index in [1.54, 1.807) is 24.1 Å². The number of hydrogen-bond acceptors (Lipinski definition) is 7. The Bertz CT molecular complexity index is 1120. The molecule has 5 rings (SSSR count). The highest BCUT2D eigenvalue weighted by atomic mass is 16.3. The highest BCUT2D eigenvalue weighted by Gasteiger charge is 2.32. The van der Waals surface area contributed by atoms with Crippen molar-refractivity contribution >= 4 is 23.5 Å². The van der Waals surface area contributed by atoms with Gasteiger partial charge in [0.05, 0.1) is 17.5 Å². The van der Waals surface area contributed by atoms with Crippen molar-refractivity contribution in [3.63, 3.8) is 0 Å². The molecule has 1 atom stereocenters. The second-order valence-electron chi connectivity index (χ2n) is 8.14. The number of rotatable bonds is 4. The average Bonchev–Trinajstić information content (AvgIpc) is 3.38. The molecule has 0 radical (unpaired) electrons. The number of Topliss-reactive ketones (excluding diaryl/α,β-unsaturated/α-hetero) is 1. The minimum absolute atomic E-state index is 0.0740. The summed E-state index contributed by atoms with van der Waals surface area (Å²) < 4.78 is 5.24. The lowest BCUT2D eigenvalue weighted by Crippen LogP contribution is -2.49. The van der Waals surface area contributed by atoms with Gasteiger partial charge in [0.1, 0.15) is 5.82 Å². The molecule has 1 aromatic carbocycles. The van der Waals surface area contributed by atoms with Crippen LogP contribution < -0.4 is 10.2 Å². The molecule has 1 saturated heterocycles. The fraction of sp³-hybridized carbons (Fsp3) is 0.333. The number of carbonyl (C=O) groups is 2. The van der Waals surface area contributed by atoms with Gasteiger partial charge in [-0.15, -0.1) is 0 Å². The lowest BCUT2D eigenvalue weighted by molar-refractivity contribution is 0.0714. The number of fused-ring (bicyclic) bond motifs is 1. The number of amides is 1. The summed E-state index contributed by atoms with van der Waals surface area (Å²) in [6, 6.07) is 13.5. The summed E-state index contributed by atoms with van der Waals surface area (Å²) in [4.78, 5) is 38.9. The minimum atomic E-state index is -0.103. The number of aromatic nitrogens is 2. The van der Waals surface area contributed by atoms with Crippen molar-refractivity contribution in [2.75, 3.05) is 43.4 Å². The molecule has 0 spiro atoms. The first kappa shape index (κ1) is 20.2. The van der Waals surface area contributed by atoms with E-state index in [1.807, 2.05) is 18.2 Å². The van der Waals surface area contributed by atoms with Gasteiger partial charge in [-0.05, 0) is 30.0 Å². The molecule has 0 bridgehead atoms. The molecule has 1 unspecified atom stereocenters. The summed E-state index contributed by atoms with van der Waals surface area (Å²) in [5, 5.41) is 3.09. The molecular formula is C24H25N5O3. The van der Waals surface area contributed by atoms with E-state index in [0.717, 1.165) is 11.3 Å². The first-order valence-corrected chi connectivity index (χ1v) is 10.9. The van der Waals surface area contributed by atoms with E-state index in [1.165, 1.54) is 6.26 Å². The third-order valence-corrected chi connectivity index (χ3v) is 6.21. The van der Waals surface area contributed by atoms with Crippen molar-refractivity contribution < 1.29 is 14.0 Å². The number of nitrogens with one attached hydrogen (secondary N) is 1. The topological polar surface area (TPSA) is 91.6 Å². The second-order valence-corrected chi connectivity index (χ2v) is 8.14. The Morgan fingerprint density at radius 1 is 1.03 bits per heavy atom. The summed E-state index contributed by atoms with van der Waals surface area (Å²) in [5.74, 6) is 1.62. The largest absolute Gasteiger partial charge is 0.459 e. The Hall–Kier alpha value is -3.68. The van der Waals surface area contributed by atoms with Crippen molar-refractivity contribution in [3.05, 3.63) is 71.3 Å². The van der Waals surface area contributed by atoms with E-state index in [9.17, 15) is 9.59 Å². The Morgan fingerprint density at radius 2 is 1.81 bits per heavy atom. The molecule has 164 valence electrons. The van der Waals surface area contributed by atoms with Gasteiger partial charge in [0.15, 0.2) is 11.5 Å². The Kier molecular flexibility index (Phi) is 5.34. The molecular weight excluding hydrogens is 406 g/mol. The van der Waals surface area contributed by atoms with Gasteiger partial charge in [-0.25, -0.2) is 4.98 Å². The van der Waals surface area contributed by atoms with Gasteiger partial charge in [-0.2, -0.15) is 4.98 Å². The van der Waals surface area contributed by atoms with Crippen LogP contribution in [0.1, 0.15) is 44.5 Å². The number of hydrogen-bond donors (Lipinski definition) is 1. The predicted molar refractivity (Wildman–Crippen MR) is 120 cm³/mol. The smallest absolute Gasteiger partial charge is 0.289 e. The number of nitrogens with zero attached hydrogens (tertiary/aromatic N) is 4. The SMILES string of the molecule is CNc1nc(N2CCN(C(=O)c3ccco3)CC2)nc2c1C(=O)CC(c1ccccc1)C2. The maximum atomic E-state index is 13.0. The van der Waals surface area contributed by atoms with Gasteiger partial charge in [0, 0.05) is 39.6 Å². The third-order valence-electron chi connectivity index (χ3n) is 6.21. The maximum absolute atomic E-state index is 13.0. The normalized spacial score (nSPS) is 18.4. The van der Waals surface area contributed by atoms with Gasteiger partial charge in [-0.1, -0.05) is 30.3 Å². The van der Waals surface area contributed by atoms with E-state index in [0.29, 0.717) is 62.1 Å². The zero-order valence-electron chi connectivity index (χ0n) is 18.0. The molecule has 1 N–H and O–H groups in total. The minimum Gasteiger partial charge on any atom is -0.459 e. The highest BCUT2D eigenvalue weighted by molar-refractivity contribution is 6.03. The van der Waals surface area contributed by atoms with Crippen LogP contribution >= 0.6 is 0 Å². The summed E-state index contributed by atoms with van der Waals surface area (Å²) in [7, 11) is 1.78.